The molecule has 2 aromatic rings. The molecule has 0 atom stereocenters. The van der Waals surface area contributed by atoms with Gasteiger partial charge in [-0.2, -0.15) is 0 Å². The summed E-state index contributed by atoms with van der Waals surface area (Å²) in [7, 11) is 0. The first kappa shape index (κ1) is 18.6. The van der Waals surface area contributed by atoms with Gasteiger partial charge in [-0.1, -0.05) is 26.0 Å². The largest absolute Gasteiger partial charge is 0.352 e. The Hall–Kier alpha value is -2.69. The molecule has 2 rings (SSSR count). The van der Waals surface area contributed by atoms with Crippen molar-refractivity contribution >= 4 is 17.5 Å². The molecule has 0 unspecified atom stereocenters. The fourth-order valence-electron chi connectivity index (χ4n) is 2.51. The van der Waals surface area contributed by atoms with Crippen LogP contribution in [0.25, 0.3) is 0 Å². The van der Waals surface area contributed by atoms with Crippen molar-refractivity contribution in [2.45, 2.75) is 39.7 Å². The fourth-order valence-corrected chi connectivity index (χ4v) is 2.51. The van der Waals surface area contributed by atoms with Gasteiger partial charge in [-0.05, 0) is 41.3 Å². The zero-order chi connectivity index (χ0) is 18.2. The minimum absolute atomic E-state index is 0.0702. The molecule has 1 N–H and O–H groups in total. The summed E-state index contributed by atoms with van der Waals surface area (Å²) in [4.78, 5) is 29.6. The van der Waals surface area contributed by atoms with E-state index in [1.165, 1.54) is 12.5 Å². The lowest BCUT2D eigenvalue weighted by Crippen LogP contribution is -2.33. The zero-order valence-corrected chi connectivity index (χ0v) is 15.0. The van der Waals surface area contributed by atoms with Crippen LogP contribution in [-0.2, 0) is 16.1 Å². The van der Waals surface area contributed by atoms with Crippen LogP contribution in [0.5, 0.6) is 0 Å². The molecule has 0 radical (unpaired) electrons. The highest BCUT2D eigenvalue weighted by Gasteiger charge is 2.13. The molecular formula is C20H25N3O2. The van der Waals surface area contributed by atoms with Crippen LogP contribution in [0.15, 0.2) is 48.8 Å². The van der Waals surface area contributed by atoms with Gasteiger partial charge in [0.2, 0.25) is 11.8 Å². The number of aromatic nitrogens is 1. The number of carbonyl (C=O) groups excluding carboxylic acids is 2. The maximum absolute atomic E-state index is 12.1. The van der Waals surface area contributed by atoms with E-state index in [1.807, 2.05) is 36.4 Å². The summed E-state index contributed by atoms with van der Waals surface area (Å²) in [5.74, 6) is 0.292. The number of anilines is 1. The van der Waals surface area contributed by atoms with E-state index >= 15 is 0 Å². The second-order valence-electron chi connectivity index (χ2n) is 6.30. The Kier molecular flexibility index (Phi) is 6.69. The molecule has 0 aliphatic rings. The number of hydrogen-bond donors (Lipinski definition) is 1. The normalized spacial score (nSPS) is 10.6. The molecule has 5 nitrogen and oxygen atoms in total. The first-order valence-corrected chi connectivity index (χ1v) is 8.51. The van der Waals surface area contributed by atoms with E-state index in [0.29, 0.717) is 19.0 Å². The van der Waals surface area contributed by atoms with Crippen molar-refractivity contribution in [3.8, 4) is 0 Å². The first-order valence-electron chi connectivity index (χ1n) is 8.51. The number of nitrogens with zero attached hydrogens (tertiary/aromatic N) is 2. The smallest absolute Gasteiger partial charge is 0.223 e. The first-order chi connectivity index (χ1) is 12.0. The van der Waals surface area contributed by atoms with Crippen molar-refractivity contribution in [2.75, 3.05) is 11.4 Å². The molecule has 0 fully saturated rings. The lowest BCUT2D eigenvalue weighted by molar-refractivity contribution is -0.121. The minimum Gasteiger partial charge on any atom is -0.352 e. The van der Waals surface area contributed by atoms with Crippen LogP contribution in [-0.4, -0.2) is 23.3 Å². The van der Waals surface area contributed by atoms with E-state index in [4.69, 9.17) is 0 Å². The quantitative estimate of drug-likeness (QED) is 0.842. The van der Waals surface area contributed by atoms with Crippen LogP contribution in [0, 0.1) is 0 Å². The summed E-state index contributed by atoms with van der Waals surface area (Å²) in [6.07, 6.45) is 3.65. The van der Waals surface area contributed by atoms with Gasteiger partial charge in [-0.15, -0.1) is 0 Å². The Labute approximate surface area is 149 Å². The van der Waals surface area contributed by atoms with Crippen molar-refractivity contribution in [1.29, 1.82) is 0 Å². The van der Waals surface area contributed by atoms with Gasteiger partial charge >= 0.3 is 0 Å². The van der Waals surface area contributed by atoms with Crippen LogP contribution in [0.2, 0.25) is 0 Å². The Bertz CT molecular complexity index is 697. The van der Waals surface area contributed by atoms with Crippen molar-refractivity contribution in [3.05, 3.63) is 59.9 Å². The third kappa shape index (κ3) is 5.71. The number of rotatable bonds is 7. The molecule has 0 saturated carbocycles. The average molecular weight is 339 g/mol. The molecule has 0 bridgehead atoms. The van der Waals surface area contributed by atoms with Crippen LogP contribution in [0.3, 0.4) is 0 Å². The predicted molar refractivity (Wildman–Crippen MR) is 99.3 cm³/mol. The average Bonchev–Trinajstić information content (AvgIpc) is 2.61. The van der Waals surface area contributed by atoms with Gasteiger partial charge in [0.15, 0.2) is 0 Å². The van der Waals surface area contributed by atoms with Gasteiger partial charge in [0.05, 0.1) is 0 Å². The molecule has 0 spiro atoms. The van der Waals surface area contributed by atoms with Gasteiger partial charge in [-0.25, -0.2) is 0 Å². The Morgan fingerprint density at radius 1 is 1.08 bits per heavy atom. The summed E-state index contributed by atoms with van der Waals surface area (Å²) in [6, 6.07) is 11.6. The molecule has 2 amide bonds. The summed E-state index contributed by atoms with van der Waals surface area (Å²) >= 11 is 0. The summed E-state index contributed by atoms with van der Waals surface area (Å²) in [6.45, 7) is 6.60. The van der Waals surface area contributed by atoms with Crippen molar-refractivity contribution in [2.24, 2.45) is 0 Å². The fraction of sp³-hybridized carbons (Fsp3) is 0.350. The SMILES string of the molecule is CC(=O)N(CCC(=O)NCc1ccncc1)c1ccc(C(C)C)cc1. The van der Waals surface area contributed by atoms with Crippen LogP contribution < -0.4 is 10.2 Å². The van der Waals surface area contributed by atoms with Gasteiger partial charge in [0.25, 0.3) is 0 Å². The summed E-state index contributed by atoms with van der Waals surface area (Å²) in [5.41, 5.74) is 3.04. The highest BCUT2D eigenvalue weighted by molar-refractivity contribution is 5.92. The molecule has 0 saturated heterocycles. The standard InChI is InChI=1S/C20H25N3O2/c1-15(2)18-4-6-19(7-5-18)23(16(3)24)13-10-20(25)22-14-17-8-11-21-12-9-17/h4-9,11-12,15H,10,13-14H2,1-3H3,(H,22,25). The topological polar surface area (TPSA) is 62.3 Å². The number of hydrogen-bond acceptors (Lipinski definition) is 3. The van der Waals surface area contributed by atoms with E-state index in [-0.39, 0.29) is 18.2 Å². The maximum Gasteiger partial charge on any atom is 0.223 e. The van der Waals surface area contributed by atoms with Gasteiger partial charge < -0.3 is 10.2 Å². The van der Waals surface area contributed by atoms with Crippen LogP contribution in [0.1, 0.15) is 44.2 Å². The number of benzene rings is 1. The second-order valence-corrected chi connectivity index (χ2v) is 6.30. The van der Waals surface area contributed by atoms with Crippen LogP contribution >= 0.6 is 0 Å². The Morgan fingerprint density at radius 2 is 1.72 bits per heavy atom. The number of pyridine rings is 1. The minimum atomic E-state index is -0.0816. The zero-order valence-electron chi connectivity index (χ0n) is 15.0. The van der Waals surface area contributed by atoms with Gasteiger partial charge in [0.1, 0.15) is 0 Å². The molecule has 1 heterocycles. The number of amides is 2. The van der Waals surface area contributed by atoms with E-state index in [0.717, 1.165) is 11.3 Å². The highest BCUT2D eigenvalue weighted by atomic mass is 16.2. The van der Waals surface area contributed by atoms with Crippen LogP contribution in [0.4, 0.5) is 5.69 Å². The molecule has 0 aliphatic carbocycles. The summed E-state index contributed by atoms with van der Waals surface area (Å²) in [5, 5.41) is 2.86. The summed E-state index contributed by atoms with van der Waals surface area (Å²) < 4.78 is 0. The molecule has 0 aliphatic heterocycles. The molecule has 25 heavy (non-hydrogen) atoms. The number of carbonyl (C=O) groups is 2. The monoisotopic (exact) mass is 339 g/mol. The third-order valence-corrected chi connectivity index (χ3v) is 4.05. The lowest BCUT2D eigenvalue weighted by Gasteiger charge is -2.21. The van der Waals surface area contributed by atoms with Gasteiger partial charge in [0, 0.05) is 44.5 Å². The molecule has 132 valence electrons. The Balaban J connectivity index is 1.90. The van der Waals surface area contributed by atoms with Crippen molar-refractivity contribution in [1.82, 2.24) is 10.3 Å². The molecule has 1 aromatic carbocycles. The van der Waals surface area contributed by atoms with Crippen molar-refractivity contribution in [3.63, 3.8) is 0 Å². The van der Waals surface area contributed by atoms with Crippen molar-refractivity contribution < 1.29 is 9.59 Å². The molecule has 5 heteroatoms. The molecular weight excluding hydrogens is 314 g/mol. The van der Waals surface area contributed by atoms with E-state index in [2.05, 4.69) is 24.1 Å². The second kappa shape index (κ2) is 8.97. The number of nitrogens with one attached hydrogen (secondary N) is 1. The van der Waals surface area contributed by atoms with E-state index < -0.39 is 0 Å². The molecule has 1 aromatic heterocycles. The van der Waals surface area contributed by atoms with E-state index in [9.17, 15) is 9.59 Å². The maximum atomic E-state index is 12.1. The van der Waals surface area contributed by atoms with E-state index in [1.54, 1.807) is 17.3 Å². The Morgan fingerprint density at radius 3 is 2.28 bits per heavy atom. The highest BCUT2D eigenvalue weighted by Crippen LogP contribution is 2.20. The predicted octanol–water partition coefficient (Wildman–Crippen LogP) is 3.26. The lowest BCUT2D eigenvalue weighted by atomic mass is 10.0. The third-order valence-electron chi connectivity index (χ3n) is 4.05. The van der Waals surface area contributed by atoms with Gasteiger partial charge in [-0.3, -0.25) is 14.6 Å².